The molecule has 0 spiro atoms. The molecule has 1 aliphatic heterocycles. The van der Waals surface area contributed by atoms with Crippen LogP contribution in [0.2, 0.25) is 0 Å². The standard InChI is InChI=1S/C19H29NO3S/c1-6-22-14-19(8-7-16-11-15(2)24-12-16)9-10-20(13-19)17(21)23-18(3,4)5/h7-8,11-12H,6,9-10,13-14H2,1-5H3. The van der Waals surface area contributed by atoms with E-state index in [9.17, 15) is 4.79 Å². The Hall–Kier alpha value is -1.33. The molecule has 1 fully saturated rings. The molecule has 1 aromatic heterocycles. The van der Waals surface area contributed by atoms with Crippen molar-refractivity contribution in [2.75, 3.05) is 26.3 Å². The van der Waals surface area contributed by atoms with Crippen LogP contribution in [-0.4, -0.2) is 42.9 Å². The van der Waals surface area contributed by atoms with Crippen molar-refractivity contribution in [1.82, 2.24) is 4.90 Å². The lowest BCUT2D eigenvalue weighted by Gasteiger charge is -2.27. The van der Waals surface area contributed by atoms with Crippen molar-refractivity contribution >= 4 is 23.5 Å². The molecular weight excluding hydrogens is 322 g/mol. The number of carbonyl (C=O) groups excluding carboxylic acids is 1. The largest absolute Gasteiger partial charge is 0.444 e. The summed E-state index contributed by atoms with van der Waals surface area (Å²) in [7, 11) is 0. The van der Waals surface area contributed by atoms with Crippen LogP contribution in [0.15, 0.2) is 17.5 Å². The smallest absolute Gasteiger partial charge is 0.410 e. The summed E-state index contributed by atoms with van der Waals surface area (Å²) in [5, 5.41) is 2.15. The van der Waals surface area contributed by atoms with Gasteiger partial charge in [-0.25, -0.2) is 4.79 Å². The topological polar surface area (TPSA) is 38.8 Å². The Morgan fingerprint density at radius 3 is 2.79 bits per heavy atom. The first-order chi connectivity index (χ1) is 11.2. The number of hydrogen-bond acceptors (Lipinski definition) is 4. The Kier molecular flexibility index (Phi) is 6.10. The molecule has 0 radical (unpaired) electrons. The SMILES string of the molecule is CCOCC1(C=Cc2csc(C)c2)CCN(C(=O)OC(C)(C)C)C1. The third kappa shape index (κ3) is 5.35. The number of thiophene rings is 1. The molecule has 1 atom stereocenters. The molecule has 0 aromatic carbocycles. The van der Waals surface area contributed by atoms with Crippen LogP contribution in [-0.2, 0) is 9.47 Å². The number of carbonyl (C=O) groups is 1. The van der Waals surface area contributed by atoms with E-state index >= 15 is 0 Å². The van der Waals surface area contributed by atoms with Crippen molar-refractivity contribution in [3.8, 4) is 0 Å². The summed E-state index contributed by atoms with van der Waals surface area (Å²) < 4.78 is 11.2. The molecule has 1 saturated heterocycles. The van der Waals surface area contributed by atoms with Gasteiger partial charge in [0.1, 0.15) is 5.60 Å². The lowest BCUT2D eigenvalue weighted by atomic mass is 9.87. The van der Waals surface area contributed by atoms with Gasteiger partial charge in [0.05, 0.1) is 6.61 Å². The first kappa shape index (κ1) is 19.0. The van der Waals surface area contributed by atoms with Crippen molar-refractivity contribution in [2.45, 2.75) is 46.6 Å². The van der Waals surface area contributed by atoms with Gasteiger partial charge in [-0.2, -0.15) is 0 Å². The summed E-state index contributed by atoms with van der Waals surface area (Å²) in [6.07, 6.45) is 5.03. The number of amides is 1. The Morgan fingerprint density at radius 1 is 1.46 bits per heavy atom. The summed E-state index contributed by atoms with van der Waals surface area (Å²) in [5.74, 6) is 0. The molecule has 1 amide bonds. The zero-order valence-electron chi connectivity index (χ0n) is 15.4. The van der Waals surface area contributed by atoms with Gasteiger partial charge in [0.2, 0.25) is 0 Å². The van der Waals surface area contributed by atoms with Crippen LogP contribution >= 0.6 is 11.3 Å². The summed E-state index contributed by atoms with van der Waals surface area (Å²) in [6.45, 7) is 12.4. The normalized spacial score (nSPS) is 21.6. The maximum Gasteiger partial charge on any atom is 0.410 e. The molecule has 0 bridgehead atoms. The maximum absolute atomic E-state index is 12.3. The quantitative estimate of drug-likeness (QED) is 0.769. The number of rotatable bonds is 5. The molecule has 24 heavy (non-hydrogen) atoms. The lowest BCUT2D eigenvalue weighted by Crippen LogP contribution is -2.37. The van der Waals surface area contributed by atoms with Crippen molar-refractivity contribution in [2.24, 2.45) is 5.41 Å². The molecule has 0 aliphatic carbocycles. The Balaban J connectivity index is 2.08. The van der Waals surface area contributed by atoms with Crippen LogP contribution in [0.1, 0.15) is 44.6 Å². The second-order valence-electron chi connectivity index (χ2n) is 7.48. The van der Waals surface area contributed by atoms with E-state index in [1.165, 1.54) is 10.4 Å². The van der Waals surface area contributed by atoms with Gasteiger partial charge in [-0.3, -0.25) is 0 Å². The zero-order valence-corrected chi connectivity index (χ0v) is 16.2. The number of hydrogen-bond donors (Lipinski definition) is 0. The fraction of sp³-hybridized carbons (Fsp3) is 0.632. The highest BCUT2D eigenvalue weighted by molar-refractivity contribution is 7.10. The highest BCUT2D eigenvalue weighted by Gasteiger charge is 2.39. The average molecular weight is 352 g/mol. The van der Waals surface area contributed by atoms with Crippen LogP contribution in [0, 0.1) is 12.3 Å². The van der Waals surface area contributed by atoms with Crippen LogP contribution < -0.4 is 0 Å². The van der Waals surface area contributed by atoms with E-state index in [-0.39, 0.29) is 11.5 Å². The predicted molar refractivity (Wildman–Crippen MR) is 99.4 cm³/mol. The van der Waals surface area contributed by atoms with Gasteiger partial charge in [0.25, 0.3) is 0 Å². The third-order valence-corrected chi connectivity index (χ3v) is 4.89. The Morgan fingerprint density at radius 2 is 2.21 bits per heavy atom. The van der Waals surface area contributed by atoms with Gasteiger partial charge >= 0.3 is 6.09 Å². The summed E-state index contributed by atoms with van der Waals surface area (Å²) in [5.41, 5.74) is 0.610. The van der Waals surface area contributed by atoms with E-state index in [2.05, 4.69) is 30.5 Å². The highest BCUT2D eigenvalue weighted by Crippen LogP contribution is 2.34. The molecule has 1 aromatic rings. The lowest BCUT2D eigenvalue weighted by molar-refractivity contribution is 0.0250. The van der Waals surface area contributed by atoms with E-state index < -0.39 is 5.60 Å². The number of nitrogens with zero attached hydrogens (tertiary/aromatic N) is 1. The molecule has 5 heteroatoms. The first-order valence-electron chi connectivity index (χ1n) is 8.53. The van der Waals surface area contributed by atoms with Gasteiger partial charge in [-0.1, -0.05) is 12.2 Å². The van der Waals surface area contributed by atoms with E-state index in [1.54, 1.807) is 16.2 Å². The molecular formula is C19H29NO3S. The average Bonchev–Trinajstić information content (AvgIpc) is 3.09. The molecule has 1 aliphatic rings. The van der Waals surface area contributed by atoms with Crippen molar-refractivity contribution in [3.63, 3.8) is 0 Å². The van der Waals surface area contributed by atoms with E-state index in [4.69, 9.17) is 9.47 Å². The summed E-state index contributed by atoms with van der Waals surface area (Å²) in [4.78, 5) is 15.4. The molecule has 2 rings (SSSR count). The van der Waals surface area contributed by atoms with E-state index in [1.807, 2.05) is 27.7 Å². The van der Waals surface area contributed by atoms with Gasteiger partial charge < -0.3 is 14.4 Å². The molecule has 1 unspecified atom stereocenters. The monoisotopic (exact) mass is 351 g/mol. The second kappa shape index (κ2) is 7.70. The van der Waals surface area contributed by atoms with Crippen molar-refractivity contribution in [1.29, 1.82) is 0 Å². The minimum atomic E-state index is -0.466. The fourth-order valence-corrected chi connectivity index (χ4v) is 3.48. The second-order valence-corrected chi connectivity index (χ2v) is 8.59. The van der Waals surface area contributed by atoms with Crippen molar-refractivity contribution < 1.29 is 14.3 Å². The predicted octanol–water partition coefficient (Wildman–Crippen LogP) is 4.73. The van der Waals surface area contributed by atoms with Gasteiger partial charge in [-0.05, 0) is 58.0 Å². The highest BCUT2D eigenvalue weighted by atomic mass is 32.1. The summed E-state index contributed by atoms with van der Waals surface area (Å²) >= 11 is 1.75. The number of ether oxygens (including phenoxy) is 2. The minimum absolute atomic E-state index is 0.136. The summed E-state index contributed by atoms with van der Waals surface area (Å²) in [6, 6.07) is 2.18. The van der Waals surface area contributed by atoms with Crippen LogP contribution in [0.4, 0.5) is 4.79 Å². The van der Waals surface area contributed by atoms with Crippen LogP contribution in [0.3, 0.4) is 0 Å². The zero-order chi connectivity index (χ0) is 17.8. The Labute approximate surface area is 149 Å². The first-order valence-corrected chi connectivity index (χ1v) is 9.41. The van der Waals surface area contributed by atoms with E-state index in [0.717, 1.165) is 6.42 Å². The third-order valence-electron chi connectivity index (χ3n) is 4.01. The number of aryl methyl sites for hydroxylation is 1. The molecule has 2 heterocycles. The van der Waals surface area contributed by atoms with E-state index in [0.29, 0.717) is 26.3 Å². The van der Waals surface area contributed by atoms with Crippen LogP contribution in [0.25, 0.3) is 6.08 Å². The van der Waals surface area contributed by atoms with Gasteiger partial charge in [0, 0.05) is 30.0 Å². The number of likely N-dealkylation sites (tertiary alicyclic amines) is 1. The fourth-order valence-electron chi connectivity index (χ4n) is 2.81. The maximum atomic E-state index is 12.3. The van der Waals surface area contributed by atoms with Gasteiger partial charge in [0.15, 0.2) is 0 Å². The minimum Gasteiger partial charge on any atom is -0.444 e. The Bertz CT molecular complexity index is 588. The molecule has 134 valence electrons. The molecule has 4 nitrogen and oxygen atoms in total. The van der Waals surface area contributed by atoms with Crippen LogP contribution in [0.5, 0.6) is 0 Å². The van der Waals surface area contributed by atoms with Crippen molar-refractivity contribution in [3.05, 3.63) is 28.0 Å². The molecule has 0 N–H and O–H groups in total. The van der Waals surface area contributed by atoms with Gasteiger partial charge in [-0.15, -0.1) is 11.3 Å². The molecule has 0 saturated carbocycles.